The number of aryl methyl sites for hydroxylation is 1. The molecule has 1 amide bonds. The maximum absolute atomic E-state index is 12.3. The molecule has 5 nitrogen and oxygen atoms in total. The predicted molar refractivity (Wildman–Crippen MR) is 78.3 cm³/mol. The lowest BCUT2D eigenvalue weighted by molar-refractivity contribution is 0.0696. The van der Waals surface area contributed by atoms with Gasteiger partial charge in [0, 0.05) is 11.8 Å². The molecule has 0 radical (unpaired) electrons. The van der Waals surface area contributed by atoms with Crippen LogP contribution < -0.4 is 5.32 Å². The van der Waals surface area contributed by atoms with Gasteiger partial charge >= 0.3 is 5.97 Å². The van der Waals surface area contributed by atoms with Gasteiger partial charge in [0.15, 0.2) is 0 Å². The number of hydrogen-bond acceptors (Lipinski definition) is 3. The zero-order valence-corrected chi connectivity index (χ0v) is 11.9. The Hall–Kier alpha value is -2.69. The second-order valence-electron chi connectivity index (χ2n) is 4.74. The minimum absolute atomic E-state index is 0.142. The van der Waals surface area contributed by atoms with Crippen molar-refractivity contribution in [2.24, 2.45) is 0 Å². The van der Waals surface area contributed by atoms with Crippen LogP contribution in [0.4, 0.5) is 0 Å². The SMILES string of the molecule is Cc1ccc(C(=O)O)c(C)c1C(=O)NCc1ccccn1. The quantitative estimate of drug-likeness (QED) is 0.903. The highest BCUT2D eigenvalue weighted by Crippen LogP contribution is 2.18. The van der Waals surface area contributed by atoms with E-state index in [1.807, 2.05) is 12.1 Å². The normalized spacial score (nSPS) is 10.2. The minimum Gasteiger partial charge on any atom is -0.478 e. The molecule has 0 bridgehead atoms. The minimum atomic E-state index is -1.04. The molecule has 1 heterocycles. The fourth-order valence-electron chi connectivity index (χ4n) is 2.19. The number of aromatic carboxylic acids is 1. The summed E-state index contributed by atoms with van der Waals surface area (Å²) in [5.41, 5.74) is 2.52. The number of aromatic nitrogens is 1. The number of hydrogen-bond donors (Lipinski definition) is 2. The van der Waals surface area contributed by atoms with E-state index in [1.54, 1.807) is 32.2 Å². The lowest BCUT2D eigenvalue weighted by Crippen LogP contribution is -2.25. The summed E-state index contributed by atoms with van der Waals surface area (Å²) in [4.78, 5) is 27.6. The summed E-state index contributed by atoms with van der Waals surface area (Å²) in [6.45, 7) is 3.73. The number of pyridine rings is 1. The highest BCUT2D eigenvalue weighted by Gasteiger charge is 2.17. The predicted octanol–water partition coefficient (Wildman–Crippen LogP) is 2.33. The van der Waals surface area contributed by atoms with Crippen molar-refractivity contribution in [3.05, 3.63) is 64.5 Å². The molecule has 2 aromatic rings. The van der Waals surface area contributed by atoms with Crippen LogP contribution in [0.5, 0.6) is 0 Å². The zero-order valence-electron chi connectivity index (χ0n) is 11.9. The highest BCUT2D eigenvalue weighted by atomic mass is 16.4. The summed E-state index contributed by atoms with van der Waals surface area (Å²) in [5.74, 6) is -1.33. The smallest absolute Gasteiger partial charge is 0.335 e. The molecule has 21 heavy (non-hydrogen) atoms. The Bertz CT molecular complexity index is 681. The average molecular weight is 284 g/mol. The Labute approximate surface area is 122 Å². The molecule has 0 aliphatic heterocycles. The van der Waals surface area contributed by atoms with Crippen molar-refractivity contribution < 1.29 is 14.7 Å². The van der Waals surface area contributed by atoms with Gasteiger partial charge < -0.3 is 10.4 Å². The molecule has 1 aromatic heterocycles. The van der Waals surface area contributed by atoms with Crippen LogP contribution in [0, 0.1) is 13.8 Å². The summed E-state index contributed by atoms with van der Waals surface area (Å²) >= 11 is 0. The summed E-state index contributed by atoms with van der Waals surface area (Å²) in [7, 11) is 0. The first-order chi connectivity index (χ1) is 10.0. The number of nitrogens with zero attached hydrogens (tertiary/aromatic N) is 1. The first kappa shape index (κ1) is 14.7. The third kappa shape index (κ3) is 3.25. The second kappa shape index (κ2) is 6.17. The van der Waals surface area contributed by atoms with E-state index >= 15 is 0 Å². The Morgan fingerprint density at radius 2 is 1.95 bits per heavy atom. The van der Waals surface area contributed by atoms with Crippen LogP contribution in [0.2, 0.25) is 0 Å². The van der Waals surface area contributed by atoms with Gasteiger partial charge in [0.1, 0.15) is 0 Å². The molecule has 0 fully saturated rings. The first-order valence-electron chi connectivity index (χ1n) is 6.52. The zero-order chi connectivity index (χ0) is 15.4. The third-order valence-corrected chi connectivity index (χ3v) is 3.29. The summed E-state index contributed by atoms with van der Waals surface area (Å²) in [6, 6.07) is 8.62. The van der Waals surface area contributed by atoms with E-state index in [-0.39, 0.29) is 11.5 Å². The Morgan fingerprint density at radius 3 is 2.57 bits per heavy atom. The molecule has 0 saturated heterocycles. The van der Waals surface area contributed by atoms with Crippen LogP contribution in [0.3, 0.4) is 0 Å². The van der Waals surface area contributed by atoms with Crippen molar-refractivity contribution in [3.63, 3.8) is 0 Å². The Morgan fingerprint density at radius 1 is 1.19 bits per heavy atom. The molecule has 0 saturated carbocycles. The molecule has 0 atom stereocenters. The fraction of sp³-hybridized carbons (Fsp3) is 0.188. The molecule has 108 valence electrons. The Balaban J connectivity index is 2.23. The van der Waals surface area contributed by atoms with Gasteiger partial charge in [-0.15, -0.1) is 0 Å². The molecule has 0 aliphatic rings. The second-order valence-corrected chi connectivity index (χ2v) is 4.74. The Kier molecular flexibility index (Phi) is 4.33. The maximum Gasteiger partial charge on any atom is 0.335 e. The van der Waals surface area contributed by atoms with Crippen LogP contribution in [-0.2, 0) is 6.54 Å². The number of carbonyl (C=O) groups is 2. The number of carboxylic acids is 1. The van der Waals surface area contributed by atoms with Crippen molar-refractivity contribution >= 4 is 11.9 Å². The average Bonchev–Trinajstić information content (AvgIpc) is 2.46. The van der Waals surface area contributed by atoms with Crippen LogP contribution in [0.25, 0.3) is 0 Å². The number of nitrogens with one attached hydrogen (secondary N) is 1. The van der Waals surface area contributed by atoms with Crippen molar-refractivity contribution in [3.8, 4) is 0 Å². The third-order valence-electron chi connectivity index (χ3n) is 3.29. The van der Waals surface area contributed by atoms with E-state index < -0.39 is 5.97 Å². The van der Waals surface area contributed by atoms with Crippen molar-refractivity contribution in [1.82, 2.24) is 10.3 Å². The van der Waals surface area contributed by atoms with Crippen LogP contribution in [0.1, 0.15) is 37.5 Å². The largest absolute Gasteiger partial charge is 0.478 e. The van der Waals surface area contributed by atoms with E-state index in [0.717, 1.165) is 11.3 Å². The molecule has 5 heteroatoms. The lowest BCUT2D eigenvalue weighted by atomic mass is 9.97. The van der Waals surface area contributed by atoms with Gasteiger partial charge in [-0.25, -0.2) is 4.79 Å². The number of carbonyl (C=O) groups excluding carboxylic acids is 1. The number of carboxylic acid groups (broad SMARTS) is 1. The van der Waals surface area contributed by atoms with Gasteiger partial charge in [0.05, 0.1) is 17.8 Å². The summed E-state index contributed by atoms with van der Waals surface area (Å²) in [5, 5.41) is 11.9. The molecule has 2 N–H and O–H groups in total. The van der Waals surface area contributed by atoms with Gasteiger partial charge in [-0.3, -0.25) is 9.78 Å². The van der Waals surface area contributed by atoms with Gasteiger partial charge in [-0.2, -0.15) is 0 Å². The molecule has 2 rings (SSSR count). The van der Waals surface area contributed by atoms with E-state index in [2.05, 4.69) is 10.3 Å². The van der Waals surface area contributed by atoms with Crippen molar-refractivity contribution in [2.45, 2.75) is 20.4 Å². The van der Waals surface area contributed by atoms with E-state index in [4.69, 9.17) is 5.11 Å². The van der Waals surface area contributed by atoms with Crippen LogP contribution >= 0.6 is 0 Å². The molecule has 0 aliphatic carbocycles. The fourth-order valence-corrected chi connectivity index (χ4v) is 2.19. The molecular formula is C16H16N2O3. The summed E-state index contributed by atoms with van der Waals surface area (Å²) < 4.78 is 0. The van der Waals surface area contributed by atoms with Crippen LogP contribution in [0.15, 0.2) is 36.5 Å². The number of amides is 1. The molecule has 0 unspecified atom stereocenters. The van der Waals surface area contributed by atoms with E-state index in [0.29, 0.717) is 17.7 Å². The first-order valence-corrected chi connectivity index (χ1v) is 6.52. The van der Waals surface area contributed by atoms with E-state index in [1.165, 1.54) is 6.07 Å². The summed E-state index contributed by atoms with van der Waals surface area (Å²) in [6.07, 6.45) is 1.66. The van der Waals surface area contributed by atoms with Crippen molar-refractivity contribution in [1.29, 1.82) is 0 Å². The van der Waals surface area contributed by atoms with Crippen molar-refractivity contribution in [2.75, 3.05) is 0 Å². The van der Waals surface area contributed by atoms with Gasteiger partial charge in [-0.1, -0.05) is 12.1 Å². The van der Waals surface area contributed by atoms with E-state index in [9.17, 15) is 9.59 Å². The molecule has 1 aromatic carbocycles. The van der Waals surface area contributed by atoms with Gasteiger partial charge in [0.25, 0.3) is 5.91 Å². The number of benzene rings is 1. The number of rotatable bonds is 4. The maximum atomic E-state index is 12.3. The molecule has 0 spiro atoms. The monoisotopic (exact) mass is 284 g/mol. The van der Waals surface area contributed by atoms with Crippen LogP contribution in [-0.4, -0.2) is 22.0 Å². The lowest BCUT2D eigenvalue weighted by Gasteiger charge is -2.12. The molecular weight excluding hydrogens is 268 g/mol. The standard InChI is InChI=1S/C16H16N2O3/c1-10-6-7-13(16(20)21)11(2)14(10)15(19)18-9-12-5-3-4-8-17-12/h3-8H,9H2,1-2H3,(H,18,19)(H,20,21). The van der Waals surface area contributed by atoms with Gasteiger partial charge in [-0.05, 0) is 43.2 Å². The topological polar surface area (TPSA) is 79.3 Å². The van der Waals surface area contributed by atoms with Gasteiger partial charge in [0.2, 0.25) is 0 Å². The highest BCUT2D eigenvalue weighted by molar-refractivity contribution is 6.01.